The topological polar surface area (TPSA) is 111 Å². The van der Waals surface area contributed by atoms with Gasteiger partial charge in [-0.1, -0.05) is 32.0 Å². The van der Waals surface area contributed by atoms with Crippen LogP contribution in [0.5, 0.6) is 0 Å². The maximum Gasteiger partial charge on any atom is 0.374 e. The van der Waals surface area contributed by atoms with E-state index in [1.165, 1.54) is 23.3 Å². The molecule has 4 heterocycles. The molecule has 7 atom stereocenters. The fourth-order valence-corrected chi connectivity index (χ4v) is 9.11. The van der Waals surface area contributed by atoms with E-state index in [0.29, 0.717) is 24.8 Å². The number of hydrogen-bond acceptors (Lipinski definition) is 7. The van der Waals surface area contributed by atoms with E-state index in [-0.39, 0.29) is 17.5 Å². The van der Waals surface area contributed by atoms with Crippen LogP contribution in [0.1, 0.15) is 68.8 Å². The lowest BCUT2D eigenvalue weighted by Crippen LogP contribution is -2.75. The summed E-state index contributed by atoms with van der Waals surface area (Å²) in [6, 6.07) is 11.5. The number of aromatic amines is 1. The second-order valence-electron chi connectivity index (χ2n) is 13.2. The van der Waals surface area contributed by atoms with Crippen molar-refractivity contribution in [2.75, 3.05) is 0 Å². The molecule has 5 aliphatic rings. The zero-order valence-electron chi connectivity index (χ0n) is 23.1. The van der Waals surface area contributed by atoms with Crippen LogP contribution in [0.25, 0.3) is 10.9 Å². The third-order valence-electron chi connectivity index (χ3n) is 11.2. The SMILES string of the molecule is CC1(C)O[C@@]23CC[C@]4(C)[C@@]5(C)c6[nH]c7ccccc7c6C[C@@H]5C[C@H](OC(=O)c5ccco5)[C@@]4(O)C2=CC(=O)[C@@H]1O3. The van der Waals surface area contributed by atoms with Gasteiger partial charge in [0.25, 0.3) is 0 Å². The summed E-state index contributed by atoms with van der Waals surface area (Å²) in [5.41, 5.74) is -0.183. The number of rotatable bonds is 2. The second-order valence-corrected chi connectivity index (χ2v) is 13.2. The highest BCUT2D eigenvalue weighted by Crippen LogP contribution is 2.72. The van der Waals surface area contributed by atoms with Gasteiger partial charge in [0.05, 0.1) is 6.26 Å². The number of H-pyrrole nitrogens is 1. The van der Waals surface area contributed by atoms with Crippen LogP contribution in [0.3, 0.4) is 0 Å². The minimum atomic E-state index is -1.75. The summed E-state index contributed by atoms with van der Waals surface area (Å²) < 4.78 is 24.5. The molecule has 8 heteroatoms. The summed E-state index contributed by atoms with van der Waals surface area (Å²) in [4.78, 5) is 30.5. The predicted molar refractivity (Wildman–Crippen MR) is 144 cm³/mol. The summed E-state index contributed by atoms with van der Waals surface area (Å²) in [7, 11) is 0. The third-order valence-corrected chi connectivity index (χ3v) is 11.2. The number of nitrogens with one attached hydrogen (secondary N) is 1. The minimum absolute atomic E-state index is 0.0649. The molecule has 2 bridgehead atoms. The van der Waals surface area contributed by atoms with Crippen LogP contribution in [0.2, 0.25) is 0 Å². The highest BCUT2D eigenvalue weighted by molar-refractivity contribution is 5.97. The molecular formula is C32H33NO7. The largest absolute Gasteiger partial charge is 0.457 e. The lowest BCUT2D eigenvalue weighted by molar-refractivity contribution is -0.273. The summed E-state index contributed by atoms with van der Waals surface area (Å²) in [6.45, 7) is 8.00. The Bertz CT molecular complexity index is 1630. The lowest BCUT2D eigenvalue weighted by Gasteiger charge is -2.67. The Kier molecular flexibility index (Phi) is 4.52. The number of carbonyl (C=O) groups is 2. The number of furan rings is 1. The molecule has 3 aliphatic carbocycles. The third kappa shape index (κ3) is 2.64. The molecule has 3 fully saturated rings. The maximum atomic E-state index is 13.5. The molecule has 8 rings (SSSR count). The number of aromatic nitrogens is 1. The van der Waals surface area contributed by atoms with Crippen LogP contribution in [0, 0.1) is 11.3 Å². The van der Waals surface area contributed by atoms with Crippen molar-refractivity contribution in [2.24, 2.45) is 11.3 Å². The summed E-state index contributed by atoms with van der Waals surface area (Å²) in [6.07, 6.45) is 3.44. The molecule has 1 saturated heterocycles. The Hall–Kier alpha value is -3.20. The van der Waals surface area contributed by atoms with Gasteiger partial charge in [-0.2, -0.15) is 0 Å². The molecule has 40 heavy (non-hydrogen) atoms. The molecular weight excluding hydrogens is 510 g/mol. The minimum Gasteiger partial charge on any atom is -0.457 e. The number of ether oxygens (including phenoxy) is 3. The van der Waals surface area contributed by atoms with E-state index in [9.17, 15) is 14.7 Å². The van der Waals surface area contributed by atoms with Gasteiger partial charge >= 0.3 is 5.97 Å². The van der Waals surface area contributed by atoms with Gasteiger partial charge in [0.1, 0.15) is 17.3 Å². The first-order valence-electron chi connectivity index (χ1n) is 14.2. The Balaban J connectivity index is 1.34. The van der Waals surface area contributed by atoms with Gasteiger partial charge in [0, 0.05) is 39.4 Å². The number of hydrogen-bond donors (Lipinski definition) is 2. The van der Waals surface area contributed by atoms with E-state index in [0.717, 1.165) is 17.6 Å². The normalized spacial score (nSPS) is 40.7. The molecule has 2 aromatic heterocycles. The highest BCUT2D eigenvalue weighted by atomic mass is 16.8. The molecule has 3 aromatic rings. The van der Waals surface area contributed by atoms with E-state index in [4.69, 9.17) is 18.6 Å². The van der Waals surface area contributed by atoms with E-state index in [2.05, 4.69) is 31.0 Å². The van der Waals surface area contributed by atoms with E-state index in [1.807, 2.05) is 26.0 Å². The fraction of sp³-hybridized carbons (Fsp3) is 0.500. The van der Waals surface area contributed by atoms with E-state index < -0.39 is 46.0 Å². The monoisotopic (exact) mass is 543 g/mol. The number of benzene rings is 1. The van der Waals surface area contributed by atoms with Gasteiger partial charge in [0.15, 0.2) is 17.7 Å². The summed E-state index contributed by atoms with van der Waals surface area (Å²) in [5, 5.41) is 14.4. The molecule has 0 amide bonds. The van der Waals surface area contributed by atoms with Crippen LogP contribution in [0.15, 0.2) is 58.7 Å². The van der Waals surface area contributed by atoms with Crippen molar-refractivity contribution in [3.8, 4) is 0 Å². The number of para-hydroxylation sites is 1. The van der Waals surface area contributed by atoms with E-state index >= 15 is 0 Å². The quantitative estimate of drug-likeness (QED) is 0.449. The van der Waals surface area contributed by atoms with Gasteiger partial charge in [-0.05, 0) is 68.9 Å². The smallest absolute Gasteiger partial charge is 0.374 e. The zero-order chi connectivity index (χ0) is 27.9. The van der Waals surface area contributed by atoms with Crippen molar-refractivity contribution < 1.29 is 33.3 Å². The second kappa shape index (κ2) is 7.35. The molecule has 1 spiro atoms. The standard InChI is InChI=1S/C32H33NO7/c1-28(2)26-21(34)16-23-31(39-26,40-28)12-11-29(3)30(4)17(14-19-18-8-5-6-9-20(18)33-25(19)30)15-24(32(23,29)36)38-27(35)22-10-7-13-37-22/h5-10,13,16-17,24,26,33,36H,11-12,14-15H2,1-4H3/t17-,24+,26+,29-,30-,31+,32+/m1/s1. The van der Waals surface area contributed by atoms with Gasteiger partial charge in [0.2, 0.25) is 5.76 Å². The van der Waals surface area contributed by atoms with Crippen LogP contribution in [0.4, 0.5) is 0 Å². The summed E-state index contributed by atoms with van der Waals surface area (Å²) >= 11 is 0. The van der Waals surface area contributed by atoms with Crippen LogP contribution in [-0.2, 0) is 30.8 Å². The van der Waals surface area contributed by atoms with Crippen LogP contribution < -0.4 is 0 Å². The average molecular weight is 544 g/mol. The molecule has 2 aliphatic heterocycles. The van der Waals surface area contributed by atoms with Gasteiger partial charge in [-0.3, -0.25) is 4.79 Å². The Morgan fingerprint density at radius 1 is 1.10 bits per heavy atom. The van der Waals surface area contributed by atoms with Crippen molar-refractivity contribution in [3.05, 3.63) is 71.3 Å². The Labute approximate surface area is 231 Å². The predicted octanol–water partition coefficient (Wildman–Crippen LogP) is 4.75. The van der Waals surface area contributed by atoms with Crippen molar-refractivity contribution in [1.29, 1.82) is 0 Å². The summed E-state index contributed by atoms with van der Waals surface area (Å²) in [5.74, 6) is -2.01. The average Bonchev–Trinajstić information content (AvgIpc) is 3.67. The van der Waals surface area contributed by atoms with Gasteiger partial charge in [-0.15, -0.1) is 0 Å². The van der Waals surface area contributed by atoms with Gasteiger partial charge in [-0.25, -0.2) is 4.79 Å². The molecule has 208 valence electrons. The molecule has 2 saturated carbocycles. The van der Waals surface area contributed by atoms with Crippen molar-refractivity contribution in [2.45, 2.75) is 88.0 Å². The Morgan fingerprint density at radius 2 is 1.90 bits per heavy atom. The molecule has 0 radical (unpaired) electrons. The zero-order valence-corrected chi connectivity index (χ0v) is 23.1. The number of fused-ring (bicyclic) bond motifs is 9. The fourth-order valence-electron chi connectivity index (χ4n) is 9.11. The van der Waals surface area contributed by atoms with Crippen molar-refractivity contribution >= 4 is 22.7 Å². The molecule has 2 N–H and O–H groups in total. The number of esters is 1. The van der Waals surface area contributed by atoms with Crippen molar-refractivity contribution in [3.63, 3.8) is 0 Å². The first-order chi connectivity index (χ1) is 18.9. The van der Waals surface area contributed by atoms with Gasteiger partial charge < -0.3 is 28.7 Å². The molecule has 0 unspecified atom stereocenters. The number of aliphatic hydroxyl groups is 1. The van der Waals surface area contributed by atoms with Crippen LogP contribution in [-0.4, -0.2) is 51.0 Å². The number of ketones is 1. The number of carbonyl (C=O) groups excluding carboxylic acids is 2. The lowest BCUT2D eigenvalue weighted by atomic mass is 9.41. The Morgan fingerprint density at radius 3 is 2.67 bits per heavy atom. The molecule has 1 aromatic carbocycles. The molecule has 8 nitrogen and oxygen atoms in total. The highest BCUT2D eigenvalue weighted by Gasteiger charge is 2.78. The van der Waals surface area contributed by atoms with Crippen LogP contribution >= 0.6 is 0 Å². The first kappa shape index (κ1) is 24.6. The van der Waals surface area contributed by atoms with Crippen molar-refractivity contribution in [1.82, 2.24) is 4.98 Å². The maximum absolute atomic E-state index is 13.5. The first-order valence-corrected chi connectivity index (χ1v) is 14.2. The van der Waals surface area contributed by atoms with E-state index in [1.54, 1.807) is 12.1 Å².